The summed E-state index contributed by atoms with van der Waals surface area (Å²) in [5.74, 6) is -0.305. The lowest BCUT2D eigenvalue weighted by molar-refractivity contribution is -0.132. The topological polar surface area (TPSA) is 106 Å². The van der Waals surface area contributed by atoms with E-state index in [1.54, 1.807) is 12.4 Å². The van der Waals surface area contributed by atoms with Crippen LogP contribution in [0.4, 0.5) is 5.69 Å². The number of piperazine rings is 1. The van der Waals surface area contributed by atoms with E-state index in [0.29, 0.717) is 19.5 Å². The average Bonchev–Trinajstić information content (AvgIpc) is 3.64. The molecule has 1 aliphatic heterocycles. The number of anilines is 1. The minimum atomic E-state index is -1.04. The van der Waals surface area contributed by atoms with Crippen LogP contribution in [0.2, 0.25) is 0 Å². The van der Waals surface area contributed by atoms with Crippen molar-refractivity contribution >= 4 is 17.5 Å². The molecule has 4 N–H and O–H groups in total. The largest absolute Gasteiger partial charge is 0.368 e. The third-order valence-electron chi connectivity index (χ3n) is 6.37. The van der Waals surface area contributed by atoms with Gasteiger partial charge in [-0.2, -0.15) is 0 Å². The summed E-state index contributed by atoms with van der Waals surface area (Å²) in [6, 6.07) is 12.4. The van der Waals surface area contributed by atoms with Crippen LogP contribution >= 0.6 is 0 Å². The first-order chi connectivity index (χ1) is 14.5. The van der Waals surface area contributed by atoms with Gasteiger partial charge >= 0.3 is 0 Å². The van der Waals surface area contributed by atoms with Crippen LogP contribution in [0.15, 0.2) is 48.8 Å². The summed E-state index contributed by atoms with van der Waals surface area (Å²) in [5.41, 5.74) is 14.1. The molecule has 1 atom stereocenters. The van der Waals surface area contributed by atoms with E-state index in [2.05, 4.69) is 34.1 Å². The molecule has 0 bridgehead atoms. The number of carbonyl (C=O) groups is 2. The van der Waals surface area contributed by atoms with Gasteiger partial charge in [-0.05, 0) is 60.6 Å². The molecule has 1 aromatic heterocycles. The number of nitrogens with zero attached hydrogens (tertiary/aromatic N) is 3. The highest BCUT2D eigenvalue weighted by atomic mass is 16.2. The van der Waals surface area contributed by atoms with Crippen LogP contribution < -0.4 is 16.4 Å². The van der Waals surface area contributed by atoms with Gasteiger partial charge in [0, 0.05) is 50.7 Å². The molecule has 2 aromatic rings. The smallest absolute Gasteiger partial charge is 0.237 e. The fourth-order valence-corrected chi connectivity index (χ4v) is 4.24. The van der Waals surface area contributed by atoms with Crippen LogP contribution in [-0.4, -0.2) is 53.4 Å². The summed E-state index contributed by atoms with van der Waals surface area (Å²) in [4.78, 5) is 32.7. The SMILES string of the molecule is NC(=O)C(N)(CCC(=O)N1CCN(c2cccc(-c3ccncc3)c2)CC1)C1CC1. The first-order valence-corrected chi connectivity index (χ1v) is 10.6. The van der Waals surface area contributed by atoms with Gasteiger partial charge in [0.15, 0.2) is 0 Å². The zero-order valence-electron chi connectivity index (χ0n) is 17.2. The van der Waals surface area contributed by atoms with Crippen LogP contribution in [0.25, 0.3) is 11.1 Å². The molecule has 2 aliphatic rings. The molecule has 7 nitrogen and oxygen atoms in total. The minimum Gasteiger partial charge on any atom is -0.368 e. The lowest BCUT2D eigenvalue weighted by Crippen LogP contribution is -2.55. The molecule has 158 valence electrons. The second-order valence-electron chi connectivity index (χ2n) is 8.33. The number of benzene rings is 1. The number of pyridine rings is 1. The van der Waals surface area contributed by atoms with Gasteiger partial charge in [-0.25, -0.2) is 0 Å². The van der Waals surface area contributed by atoms with Gasteiger partial charge in [-0.15, -0.1) is 0 Å². The number of amides is 2. The molecule has 4 rings (SSSR count). The number of carbonyl (C=O) groups excluding carboxylic acids is 2. The number of hydrogen-bond acceptors (Lipinski definition) is 5. The normalized spacial score (nSPS) is 18.7. The third kappa shape index (κ3) is 4.31. The molecular formula is C23H29N5O2. The van der Waals surface area contributed by atoms with E-state index in [9.17, 15) is 9.59 Å². The van der Waals surface area contributed by atoms with Crippen molar-refractivity contribution in [2.24, 2.45) is 17.4 Å². The van der Waals surface area contributed by atoms with E-state index in [1.807, 2.05) is 17.0 Å². The number of primary amides is 1. The van der Waals surface area contributed by atoms with Crippen molar-refractivity contribution in [3.63, 3.8) is 0 Å². The molecular weight excluding hydrogens is 378 g/mol. The second-order valence-corrected chi connectivity index (χ2v) is 8.33. The molecule has 2 heterocycles. The van der Waals surface area contributed by atoms with Gasteiger partial charge in [0.25, 0.3) is 0 Å². The number of rotatable bonds is 7. The molecule has 1 unspecified atom stereocenters. The van der Waals surface area contributed by atoms with Crippen molar-refractivity contribution in [2.45, 2.75) is 31.2 Å². The number of hydrogen-bond donors (Lipinski definition) is 2. The Bertz CT molecular complexity index is 907. The predicted molar refractivity (Wildman–Crippen MR) is 117 cm³/mol. The molecule has 2 fully saturated rings. The summed E-state index contributed by atoms with van der Waals surface area (Å²) < 4.78 is 0. The fourth-order valence-electron chi connectivity index (χ4n) is 4.24. The van der Waals surface area contributed by atoms with E-state index in [-0.39, 0.29) is 18.2 Å². The summed E-state index contributed by atoms with van der Waals surface area (Å²) in [7, 11) is 0. The van der Waals surface area contributed by atoms with E-state index in [1.165, 1.54) is 0 Å². The summed E-state index contributed by atoms with van der Waals surface area (Å²) >= 11 is 0. The van der Waals surface area contributed by atoms with Crippen LogP contribution in [0.3, 0.4) is 0 Å². The van der Waals surface area contributed by atoms with Crippen molar-refractivity contribution in [3.8, 4) is 11.1 Å². The molecule has 1 aromatic carbocycles. The molecule has 30 heavy (non-hydrogen) atoms. The van der Waals surface area contributed by atoms with E-state index in [0.717, 1.165) is 42.7 Å². The third-order valence-corrected chi connectivity index (χ3v) is 6.37. The van der Waals surface area contributed by atoms with E-state index < -0.39 is 11.4 Å². The monoisotopic (exact) mass is 407 g/mol. The highest BCUT2D eigenvalue weighted by Crippen LogP contribution is 2.40. The quantitative estimate of drug-likeness (QED) is 0.728. The number of nitrogens with two attached hydrogens (primary N) is 2. The molecule has 0 spiro atoms. The Labute approximate surface area is 177 Å². The Kier molecular flexibility index (Phi) is 5.72. The maximum Gasteiger partial charge on any atom is 0.237 e. The molecule has 1 saturated carbocycles. The zero-order valence-corrected chi connectivity index (χ0v) is 17.2. The Morgan fingerprint density at radius 1 is 1.03 bits per heavy atom. The summed E-state index contributed by atoms with van der Waals surface area (Å²) in [6.45, 7) is 2.88. The Morgan fingerprint density at radius 2 is 1.73 bits per heavy atom. The fraction of sp³-hybridized carbons (Fsp3) is 0.435. The van der Waals surface area contributed by atoms with E-state index in [4.69, 9.17) is 11.5 Å². The lowest BCUT2D eigenvalue weighted by atomic mass is 9.88. The van der Waals surface area contributed by atoms with Crippen molar-refractivity contribution in [3.05, 3.63) is 48.8 Å². The molecule has 1 saturated heterocycles. The molecule has 7 heteroatoms. The highest BCUT2D eigenvalue weighted by molar-refractivity contribution is 5.86. The van der Waals surface area contributed by atoms with Crippen LogP contribution in [0.1, 0.15) is 25.7 Å². The molecule has 2 amide bonds. The van der Waals surface area contributed by atoms with Crippen molar-refractivity contribution in [1.82, 2.24) is 9.88 Å². The van der Waals surface area contributed by atoms with Crippen LogP contribution in [-0.2, 0) is 9.59 Å². The highest BCUT2D eigenvalue weighted by Gasteiger charge is 2.46. The lowest BCUT2D eigenvalue weighted by Gasteiger charge is -2.37. The van der Waals surface area contributed by atoms with Gasteiger partial charge in [-0.1, -0.05) is 12.1 Å². The molecule has 0 radical (unpaired) electrons. The number of aromatic nitrogens is 1. The predicted octanol–water partition coefficient (Wildman–Crippen LogP) is 1.77. The molecule has 1 aliphatic carbocycles. The van der Waals surface area contributed by atoms with Crippen LogP contribution in [0.5, 0.6) is 0 Å². The Hall–Kier alpha value is -2.93. The van der Waals surface area contributed by atoms with Gasteiger partial charge in [-0.3, -0.25) is 14.6 Å². The average molecular weight is 408 g/mol. The first-order valence-electron chi connectivity index (χ1n) is 10.6. The Balaban J connectivity index is 1.33. The van der Waals surface area contributed by atoms with Gasteiger partial charge < -0.3 is 21.3 Å². The second kappa shape index (κ2) is 8.44. The van der Waals surface area contributed by atoms with Gasteiger partial charge in [0.1, 0.15) is 0 Å². The van der Waals surface area contributed by atoms with Crippen molar-refractivity contribution in [1.29, 1.82) is 0 Å². The summed E-state index contributed by atoms with van der Waals surface area (Å²) in [5, 5.41) is 0. The zero-order chi connectivity index (χ0) is 21.1. The maximum atomic E-state index is 12.7. The van der Waals surface area contributed by atoms with Gasteiger partial charge in [0.05, 0.1) is 5.54 Å². The van der Waals surface area contributed by atoms with Crippen LogP contribution in [0, 0.1) is 5.92 Å². The van der Waals surface area contributed by atoms with Crippen molar-refractivity contribution < 1.29 is 9.59 Å². The summed E-state index contributed by atoms with van der Waals surface area (Å²) in [6.07, 6.45) is 6.04. The van der Waals surface area contributed by atoms with Crippen molar-refractivity contribution in [2.75, 3.05) is 31.1 Å². The van der Waals surface area contributed by atoms with E-state index >= 15 is 0 Å². The first kappa shape index (κ1) is 20.3. The Morgan fingerprint density at radius 3 is 2.37 bits per heavy atom. The standard InChI is InChI=1S/C23H29N5O2/c24-22(30)23(25,19-4-5-19)9-6-21(29)28-14-12-27(13-15-28)20-3-1-2-18(16-20)17-7-10-26-11-8-17/h1-3,7-8,10-11,16,19H,4-6,9,12-15,25H2,(H2,24,30). The minimum absolute atomic E-state index is 0.0527. The maximum absolute atomic E-state index is 12.7. The van der Waals surface area contributed by atoms with Gasteiger partial charge in [0.2, 0.25) is 11.8 Å².